The summed E-state index contributed by atoms with van der Waals surface area (Å²) in [7, 11) is 2.36. The molecular formula is C24H51NO5Si. The van der Waals surface area contributed by atoms with E-state index < -0.39 is 14.8 Å². The molecule has 0 aliphatic heterocycles. The van der Waals surface area contributed by atoms with E-state index in [2.05, 4.69) is 11.8 Å². The fraction of sp³-hybridized carbons (Fsp3) is 0.958. The van der Waals surface area contributed by atoms with E-state index in [0.29, 0.717) is 6.54 Å². The Bertz CT molecular complexity index is 399. The van der Waals surface area contributed by atoms with E-state index in [0.717, 1.165) is 32.0 Å². The number of unbranched alkanes of at least 4 members (excludes halogenated alkanes) is 12. The van der Waals surface area contributed by atoms with Crippen molar-refractivity contribution < 1.29 is 23.2 Å². The molecule has 0 aromatic carbocycles. The average molecular weight is 462 g/mol. The molecular weight excluding hydrogens is 410 g/mol. The Balaban J connectivity index is 3.87. The molecule has 186 valence electrons. The Kier molecular flexibility index (Phi) is 21.1. The van der Waals surface area contributed by atoms with Crippen LogP contribution in [0.5, 0.6) is 0 Å². The Labute approximate surface area is 193 Å². The zero-order valence-corrected chi connectivity index (χ0v) is 22.0. The molecule has 0 aliphatic rings. The highest BCUT2D eigenvalue weighted by molar-refractivity contribution is 6.60. The molecule has 0 aromatic heterocycles. The minimum Gasteiger partial charge on any atom is -0.481 e. The molecule has 0 aromatic rings. The van der Waals surface area contributed by atoms with Crippen LogP contribution < -0.4 is 0 Å². The van der Waals surface area contributed by atoms with Crippen molar-refractivity contribution in [2.75, 3.05) is 41.0 Å². The quantitative estimate of drug-likeness (QED) is 0.138. The van der Waals surface area contributed by atoms with Gasteiger partial charge in [0, 0.05) is 33.9 Å². The molecule has 6 nitrogen and oxygen atoms in total. The zero-order chi connectivity index (χ0) is 23.2. The lowest BCUT2D eigenvalue weighted by atomic mass is 10.0. The molecule has 0 atom stereocenters. The van der Waals surface area contributed by atoms with Crippen LogP contribution in [0.15, 0.2) is 0 Å². The van der Waals surface area contributed by atoms with Crippen LogP contribution in [0.1, 0.15) is 103 Å². The average Bonchev–Trinajstić information content (AvgIpc) is 2.77. The minimum atomic E-state index is -2.54. The van der Waals surface area contributed by atoms with Crippen molar-refractivity contribution in [3.8, 4) is 0 Å². The predicted molar refractivity (Wildman–Crippen MR) is 131 cm³/mol. The molecule has 0 spiro atoms. The molecule has 0 saturated carbocycles. The van der Waals surface area contributed by atoms with Crippen LogP contribution in [0.4, 0.5) is 0 Å². The number of aliphatic carboxylic acids is 1. The third kappa shape index (κ3) is 17.7. The fourth-order valence-corrected chi connectivity index (χ4v) is 5.72. The number of nitrogens with zero attached hydrogens (tertiary/aromatic N) is 1. The maximum Gasteiger partial charge on any atom is 0.500 e. The van der Waals surface area contributed by atoms with Crippen LogP contribution in [0.25, 0.3) is 0 Å². The molecule has 7 heteroatoms. The van der Waals surface area contributed by atoms with Gasteiger partial charge in [0.1, 0.15) is 0 Å². The first-order valence-corrected chi connectivity index (χ1v) is 14.6. The molecule has 0 fully saturated rings. The van der Waals surface area contributed by atoms with Gasteiger partial charge in [0.15, 0.2) is 0 Å². The topological polar surface area (TPSA) is 68.2 Å². The minimum absolute atomic E-state index is 0.194. The number of rotatable bonds is 24. The predicted octanol–water partition coefficient (Wildman–Crippen LogP) is 6.12. The second-order valence-electron chi connectivity index (χ2n) is 8.63. The fourth-order valence-electron chi connectivity index (χ4n) is 4.02. The number of carbonyl (C=O) groups is 1. The molecule has 0 aliphatic carbocycles. The summed E-state index contributed by atoms with van der Waals surface area (Å²) in [5, 5.41) is 9.04. The van der Waals surface area contributed by atoms with Gasteiger partial charge in [-0.1, -0.05) is 84.0 Å². The third-order valence-corrected chi connectivity index (χ3v) is 8.94. The van der Waals surface area contributed by atoms with Crippen LogP contribution in [-0.2, 0) is 18.1 Å². The first kappa shape index (κ1) is 30.5. The smallest absolute Gasteiger partial charge is 0.481 e. The largest absolute Gasteiger partial charge is 0.500 e. The highest BCUT2D eigenvalue weighted by atomic mass is 28.4. The first-order chi connectivity index (χ1) is 15.0. The van der Waals surface area contributed by atoms with E-state index in [1.165, 1.54) is 77.0 Å². The van der Waals surface area contributed by atoms with Crippen molar-refractivity contribution in [2.45, 2.75) is 109 Å². The number of carboxylic acid groups (broad SMARTS) is 1. The number of carboxylic acids is 1. The van der Waals surface area contributed by atoms with Crippen LogP contribution in [0.3, 0.4) is 0 Å². The Hall–Kier alpha value is -0.473. The van der Waals surface area contributed by atoms with E-state index in [4.69, 9.17) is 18.4 Å². The number of hydrogen-bond donors (Lipinski definition) is 1. The summed E-state index contributed by atoms with van der Waals surface area (Å²) in [5.41, 5.74) is 0. The lowest BCUT2D eigenvalue weighted by Crippen LogP contribution is -2.43. The summed E-state index contributed by atoms with van der Waals surface area (Å²) in [6.07, 6.45) is 18.6. The number of hydrogen-bond acceptors (Lipinski definition) is 5. The molecule has 0 unspecified atom stereocenters. The van der Waals surface area contributed by atoms with Gasteiger partial charge in [-0.15, -0.1) is 0 Å². The van der Waals surface area contributed by atoms with Crippen molar-refractivity contribution in [1.82, 2.24) is 4.90 Å². The van der Waals surface area contributed by atoms with Crippen molar-refractivity contribution in [3.63, 3.8) is 0 Å². The van der Waals surface area contributed by atoms with Crippen molar-refractivity contribution in [1.29, 1.82) is 0 Å². The van der Waals surface area contributed by atoms with Crippen molar-refractivity contribution >= 4 is 14.8 Å². The van der Waals surface area contributed by atoms with E-state index in [1.54, 1.807) is 21.3 Å². The second-order valence-corrected chi connectivity index (χ2v) is 11.7. The van der Waals surface area contributed by atoms with Gasteiger partial charge in [-0.05, 0) is 25.9 Å². The zero-order valence-electron chi connectivity index (χ0n) is 21.0. The lowest BCUT2D eigenvalue weighted by molar-refractivity contribution is -0.137. The van der Waals surface area contributed by atoms with Crippen LogP contribution >= 0.6 is 0 Å². The van der Waals surface area contributed by atoms with Gasteiger partial charge in [0.05, 0.1) is 6.42 Å². The second kappa shape index (κ2) is 21.4. The SMILES string of the molecule is CCCCCCCCCCCCCCCN(CCC[Si](OC)(OC)OC)CCC(=O)O. The summed E-state index contributed by atoms with van der Waals surface area (Å²) < 4.78 is 16.4. The van der Waals surface area contributed by atoms with E-state index in [9.17, 15) is 4.79 Å². The molecule has 0 bridgehead atoms. The van der Waals surface area contributed by atoms with Crippen LogP contribution in [-0.4, -0.2) is 65.7 Å². The van der Waals surface area contributed by atoms with Crippen LogP contribution in [0, 0.1) is 0 Å². The van der Waals surface area contributed by atoms with Gasteiger partial charge in [-0.2, -0.15) is 0 Å². The highest BCUT2D eigenvalue weighted by Crippen LogP contribution is 2.16. The van der Waals surface area contributed by atoms with E-state index in [1.807, 2.05) is 0 Å². The first-order valence-electron chi connectivity index (χ1n) is 12.6. The standard InChI is InChI=1S/C24H51NO5Si/c1-5-6-7-8-9-10-11-12-13-14-15-16-17-20-25(22-19-24(26)27)21-18-23-31(28-2,29-3)30-4/h5-23H2,1-4H3,(H,26,27). The summed E-state index contributed by atoms with van der Waals surface area (Å²) in [4.78, 5) is 13.3. The molecule has 0 amide bonds. The van der Waals surface area contributed by atoms with E-state index in [-0.39, 0.29) is 6.42 Å². The molecule has 0 heterocycles. The maximum atomic E-state index is 11.0. The van der Waals surface area contributed by atoms with Gasteiger partial charge in [-0.3, -0.25) is 4.79 Å². The normalized spacial score (nSPS) is 12.0. The summed E-state index contributed by atoms with van der Waals surface area (Å²) in [6.45, 7) is 4.70. The summed E-state index contributed by atoms with van der Waals surface area (Å²) in [5.74, 6) is -0.732. The Morgan fingerprint density at radius 1 is 0.677 bits per heavy atom. The monoisotopic (exact) mass is 461 g/mol. The Morgan fingerprint density at radius 2 is 1.10 bits per heavy atom. The summed E-state index contributed by atoms with van der Waals surface area (Å²) in [6, 6.07) is 0.749. The molecule has 1 N–H and O–H groups in total. The molecule has 0 radical (unpaired) electrons. The van der Waals surface area contributed by atoms with E-state index >= 15 is 0 Å². The molecule has 0 saturated heterocycles. The lowest BCUT2D eigenvalue weighted by Gasteiger charge is -2.26. The molecule has 31 heavy (non-hydrogen) atoms. The third-order valence-electron chi connectivity index (χ3n) is 6.11. The van der Waals surface area contributed by atoms with Crippen molar-refractivity contribution in [3.05, 3.63) is 0 Å². The highest BCUT2D eigenvalue weighted by Gasteiger charge is 2.37. The molecule has 0 rings (SSSR count). The Morgan fingerprint density at radius 3 is 1.52 bits per heavy atom. The van der Waals surface area contributed by atoms with Gasteiger partial charge in [0.2, 0.25) is 0 Å². The van der Waals surface area contributed by atoms with Gasteiger partial charge >= 0.3 is 14.8 Å². The van der Waals surface area contributed by atoms with Gasteiger partial charge in [-0.25, -0.2) is 0 Å². The van der Waals surface area contributed by atoms with Crippen molar-refractivity contribution in [2.24, 2.45) is 0 Å². The van der Waals surface area contributed by atoms with Gasteiger partial charge in [0.25, 0.3) is 0 Å². The van der Waals surface area contributed by atoms with Crippen LogP contribution in [0.2, 0.25) is 6.04 Å². The maximum absolute atomic E-state index is 11.0. The summed E-state index contributed by atoms with van der Waals surface area (Å²) >= 11 is 0. The van der Waals surface area contributed by atoms with Gasteiger partial charge < -0.3 is 23.3 Å².